The Labute approximate surface area is 109 Å². The molecule has 0 saturated heterocycles. The van der Waals surface area contributed by atoms with E-state index in [1.54, 1.807) is 18.3 Å². The Hall–Kier alpha value is -1.10. The maximum Gasteiger partial charge on any atom is 0.179 e. The van der Waals surface area contributed by atoms with Crippen LogP contribution < -0.4 is 5.32 Å². The summed E-state index contributed by atoms with van der Waals surface area (Å²) in [6.07, 6.45) is 10.0. The summed E-state index contributed by atoms with van der Waals surface area (Å²) in [5.74, 6) is 0.506. The first kappa shape index (κ1) is 13.3. The number of sulfone groups is 1. The Morgan fingerprint density at radius 2 is 1.89 bits per heavy atom. The highest BCUT2D eigenvalue weighted by molar-refractivity contribution is 7.90. The van der Waals surface area contributed by atoms with Gasteiger partial charge in [0.05, 0.1) is 0 Å². The molecule has 0 atom stereocenters. The summed E-state index contributed by atoms with van der Waals surface area (Å²) in [4.78, 5) is 4.48. The van der Waals surface area contributed by atoms with Crippen LogP contribution in [0.25, 0.3) is 0 Å². The Balaban J connectivity index is 2.18. The molecule has 18 heavy (non-hydrogen) atoms. The lowest BCUT2D eigenvalue weighted by Crippen LogP contribution is -2.20. The van der Waals surface area contributed by atoms with Crippen LogP contribution in [0.2, 0.25) is 0 Å². The molecule has 0 radical (unpaired) electrons. The van der Waals surface area contributed by atoms with Crippen LogP contribution >= 0.6 is 0 Å². The minimum Gasteiger partial charge on any atom is -0.366 e. The van der Waals surface area contributed by atoms with Gasteiger partial charge in [-0.3, -0.25) is 0 Å². The van der Waals surface area contributed by atoms with Crippen molar-refractivity contribution in [2.45, 2.75) is 49.5 Å². The summed E-state index contributed by atoms with van der Waals surface area (Å²) in [5.41, 5.74) is 0. The highest BCUT2D eigenvalue weighted by Crippen LogP contribution is 2.24. The number of rotatable bonds is 3. The lowest BCUT2D eigenvalue weighted by atomic mass is 10.1. The van der Waals surface area contributed by atoms with E-state index in [-0.39, 0.29) is 0 Å². The van der Waals surface area contributed by atoms with Crippen LogP contribution in [0.5, 0.6) is 0 Å². The number of pyridine rings is 1. The first-order valence-electron chi connectivity index (χ1n) is 6.49. The van der Waals surface area contributed by atoms with Crippen LogP contribution in [0, 0.1) is 0 Å². The van der Waals surface area contributed by atoms with Crippen molar-refractivity contribution < 1.29 is 8.42 Å². The summed E-state index contributed by atoms with van der Waals surface area (Å²) in [5, 5.41) is 3.31. The first-order chi connectivity index (χ1) is 8.57. The molecule has 2 rings (SSSR count). The van der Waals surface area contributed by atoms with E-state index in [2.05, 4.69) is 10.3 Å². The molecule has 0 unspecified atom stereocenters. The molecule has 4 nitrogen and oxygen atoms in total. The summed E-state index contributed by atoms with van der Waals surface area (Å²) in [7, 11) is -3.22. The van der Waals surface area contributed by atoms with Crippen molar-refractivity contribution in [3.05, 3.63) is 18.3 Å². The first-order valence-corrected chi connectivity index (χ1v) is 8.38. The molecule has 1 fully saturated rings. The summed E-state index contributed by atoms with van der Waals surface area (Å²) in [6.45, 7) is 0. The number of aromatic nitrogens is 1. The van der Waals surface area contributed by atoms with Gasteiger partial charge >= 0.3 is 0 Å². The summed E-state index contributed by atoms with van der Waals surface area (Å²) >= 11 is 0. The van der Waals surface area contributed by atoms with Crippen LogP contribution in [0.15, 0.2) is 23.2 Å². The van der Waals surface area contributed by atoms with Crippen LogP contribution in [-0.2, 0) is 9.84 Å². The lowest BCUT2D eigenvalue weighted by Gasteiger charge is -2.18. The molecule has 1 N–H and O–H groups in total. The summed E-state index contributed by atoms with van der Waals surface area (Å²) in [6, 6.07) is 3.62. The molecular formula is C13H20N2O2S. The number of nitrogens with one attached hydrogen (secondary N) is 1. The van der Waals surface area contributed by atoms with Gasteiger partial charge in [0.15, 0.2) is 9.84 Å². The normalized spacial score (nSPS) is 18.3. The van der Waals surface area contributed by atoms with Gasteiger partial charge in [-0.05, 0) is 25.0 Å². The van der Waals surface area contributed by atoms with Crippen LogP contribution in [-0.4, -0.2) is 25.7 Å². The number of hydrogen-bond acceptors (Lipinski definition) is 4. The van der Waals surface area contributed by atoms with Crippen molar-refractivity contribution >= 4 is 15.7 Å². The van der Waals surface area contributed by atoms with Crippen molar-refractivity contribution in [2.24, 2.45) is 0 Å². The monoisotopic (exact) mass is 268 g/mol. The third-order valence-electron chi connectivity index (χ3n) is 3.37. The van der Waals surface area contributed by atoms with E-state index in [1.165, 1.54) is 31.9 Å². The molecule has 0 amide bonds. The topological polar surface area (TPSA) is 59.1 Å². The fourth-order valence-corrected chi connectivity index (χ4v) is 3.20. The van der Waals surface area contributed by atoms with Gasteiger partial charge in [-0.25, -0.2) is 13.4 Å². The van der Waals surface area contributed by atoms with E-state index in [1.807, 2.05) is 0 Å². The van der Waals surface area contributed by atoms with E-state index in [9.17, 15) is 8.42 Å². The molecule has 0 spiro atoms. The molecule has 1 heterocycles. The molecule has 1 aliphatic carbocycles. The number of nitrogens with zero attached hydrogens (tertiary/aromatic N) is 1. The predicted octanol–water partition coefficient (Wildman–Crippen LogP) is 2.62. The smallest absolute Gasteiger partial charge is 0.179 e. The van der Waals surface area contributed by atoms with E-state index in [0.717, 1.165) is 12.8 Å². The summed E-state index contributed by atoms with van der Waals surface area (Å²) < 4.78 is 23.4. The molecule has 1 aliphatic rings. The molecule has 1 aromatic heterocycles. The minimum atomic E-state index is -3.22. The SMILES string of the molecule is CS(=O)(=O)c1cccnc1NC1CCCCCC1. The maximum atomic E-state index is 11.7. The zero-order valence-corrected chi connectivity index (χ0v) is 11.5. The van der Waals surface area contributed by atoms with Crippen molar-refractivity contribution in [1.82, 2.24) is 4.98 Å². The fourth-order valence-electron chi connectivity index (χ4n) is 2.42. The number of anilines is 1. The molecule has 1 saturated carbocycles. The molecule has 5 heteroatoms. The van der Waals surface area contributed by atoms with E-state index in [4.69, 9.17) is 0 Å². The third kappa shape index (κ3) is 3.45. The lowest BCUT2D eigenvalue weighted by molar-refractivity contribution is 0.598. The van der Waals surface area contributed by atoms with Crippen LogP contribution in [0.1, 0.15) is 38.5 Å². The van der Waals surface area contributed by atoms with Crippen LogP contribution in [0.4, 0.5) is 5.82 Å². The molecular weight excluding hydrogens is 248 g/mol. The quantitative estimate of drug-likeness (QED) is 0.856. The predicted molar refractivity (Wildman–Crippen MR) is 72.5 cm³/mol. The zero-order chi connectivity index (χ0) is 13.0. The minimum absolute atomic E-state index is 0.300. The second-order valence-corrected chi connectivity index (χ2v) is 6.94. The number of hydrogen-bond donors (Lipinski definition) is 1. The van der Waals surface area contributed by atoms with Gasteiger partial charge < -0.3 is 5.32 Å². The van der Waals surface area contributed by atoms with Gasteiger partial charge in [0.2, 0.25) is 0 Å². The fraction of sp³-hybridized carbons (Fsp3) is 0.615. The van der Waals surface area contributed by atoms with Crippen molar-refractivity contribution in [1.29, 1.82) is 0 Å². The van der Waals surface area contributed by atoms with Crippen molar-refractivity contribution in [3.63, 3.8) is 0 Å². The Morgan fingerprint density at radius 1 is 1.22 bits per heavy atom. The average molecular weight is 268 g/mol. The molecule has 0 bridgehead atoms. The highest BCUT2D eigenvalue weighted by Gasteiger charge is 2.18. The van der Waals surface area contributed by atoms with Gasteiger partial charge in [-0.15, -0.1) is 0 Å². The average Bonchev–Trinajstić information content (AvgIpc) is 2.57. The van der Waals surface area contributed by atoms with Gasteiger partial charge in [-0.1, -0.05) is 25.7 Å². The highest BCUT2D eigenvalue weighted by atomic mass is 32.2. The second-order valence-electron chi connectivity index (χ2n) is 4.96. The van der Waals surface area contributed by atoms with Crippen molar-refractivity contribution in [3.8, 4) is 0 Å². The Bertz CT molecular complexity index is 491. The van der Waals surface area contributed by atoms with E-state index >= 15 is 0 Å². The maximum absolute atomic E-state index is 11.7. The van der Waals surface area contributed by atoms with E-state index in [0.29, 0.717) is 16.8 Å². The van der Waals surface area contributed by atoms with Gasteiger partial charge in [0.1, 0.15) is 10.7 Å². The zero-order valence-electron chi connectivity index (χ0n) is 10.7. The van der Waals surface area contributed by atoms with Gasteiger partial charge in [0.25, 0.3) is 0 Å². The molecule has 100 valence electrons. The van der Waals surface area contributed by atoms with Crippen LogP contribution in [0.3, 0.4) is 0 Å². The van der Waals surface area contributed by atoms with Gasteiger partial charge in [-0.2, -0.15) is 0 Å². The molecule has 0 aliphatic heterocycles. The largest absolute Gasteiger partial charge is 0.366 e. The van der Waals surface area contributed by atoms with Gasteiger partial charge in [0, 0.05) is 18.5 Å². The molecule has 1 aromatic rings. The molecule has 0 aromatic carbocycles. The third-order valence-corrected chi connectivity index (χ3v) is 4.49. The Kier molecular flexibility index (Phi) is 4.22. The van der Waals surface area contributed by atoms with Crippen molar-refractivity contribution in [2.75, 3.05) is 11.6 Å². The van der Waals surface area contributed by atoms with E-state index < -0.39 is 9.84 Å². The standard InChI is InChI=1S/C13H20N2O2S/c1-18(16,17)12-9-6-10-14-13(12)15-11-7-4-2-3-5-8-11/h6,9-11H,2-5,7-8H2,1H3,(H,14,15). The Morgan fingerprint density at radius 3 is 2.50 bits per heavy atom. The second kappa shape index (κ2) is 5.69.